The van der Waals surface area contributed by atoms with Crippen molar-refractivity contribution in [2.24, 2.45) is 0 Å². The fourth-order valence-corrected chi connectivity index (χ4v) is 1.43. The first-order chi connectivity index (χ1) is 4.38. The van der Waals surface area contributed by atoms with Gasteiger partial charge in [-0.25, -0.2) is 0 Å². The maximum Gasteiger partial charge on any atom is 0.0444 e. The number of likely N-dealkylation sites (tertiary alicyclic amines) is 1. The van der Waals surface area contributed by atoms with E-state index in [1.807, 2.05) is 0 Å². The Morgan fingerprint density at radius 1 is 1.78 bits per heavy atom. The van der Waals surface area contributed by atoms with Crippen molar-refractivity contribution >= 4 is 6.21 Å². The largest absolute Gasteiger partial charge is 0.311 e. The Kier molecular flexibility index (Phi) is 2.22. The predicted octanol–water partition coefficient (Wildman–Crippen LogP) is 1.12. The molecular weight excluding hydrogens is 112 g/mol. The van der Waals surface area contributed by atoms with Gasteiger partial charge >= 0.3 is 0 Å². The van der Waals surface area contributed by atoms with Gasteiger partial charge in [-0.05, 0) is 25.9 Å². The Morgan fingerprint density at radius 2 is 2.56 bits per heavy atom. The van der Waals surface area contributed by atoms with Gasteiger partial charge in [0.05, 0.1) is 0 Å². The molecule has 1 aliphatic rings. The molecule has 1 atom stereocenters. The van der Waals surface area contributed by atoms with Crippen LogP contribution in [-0.4, -0.2) is 30.2 Å². The minimum atomic E-state index is 0.454. The SMILES string of the molecule is CCN1CCC[C@H]1C=N. The molecule has 0 saturated carbocycles. The maximum atomic E-state index is 7.07. The third-order valence-corrected chi connectivity index (χ3v) is 2.01. The van der Waals surface area contributed by atoms with Crippen LogP contribution in [0.3, 0.4) is 0 Å². The smallest absolute Gasteiger partial charge is 0.0444 e. The van der Waals surface area contributed by atoms with E-state index in [0.29, 0.717) is 6.04 Å². The Bertz CT molecular complexity index is 101. The lowest BCUT2D eigenvalue weighted by Crippen LogP contribution is -2.29. The van der Waals surface area contributed by atoms with Gasteiger partial charge in [-0.15, -0.1) is 0 Å². The standard InChI is InChI=1S/C7H14N2/c1-2-9-5-3-4-7(9)6-8/h6-8H,2-5H2,1H3/t7-/m0/s1. The summed E-state index contributed by atoms with van der Waals surface area (Å²) >= 11 is 0. The molecule has 9 heavy (non-hydrogen) atoms. The first-order valence-corrected chi connectivity index (χ1v) is 3.63. The molecule has 0 spiro atoms. The van der Waals surface area contributed by atoms with Crippen LogP contribution in [0.2, 0.25) is 0 Å². The van der Waals surface area contributed by atoms with Gasteiger partial charge in [0.1, 0.15) is 0 Å². The van der Waals surface area contributed by atoms with Gasteiger partial charge in [-0.2, -0.15) is 0 Å². The van der Waals surface area contributed by atoms with Crippen LogP contribution in [-0.2, 0) is 0 Å². The van der Waals surface area contributed by atoms with Gasteiger partial charge in [0.25, 0.3) is 0 Å². The molecule has 0 amide bonds. The topological polar surface area (TPSA) is 27.1 Å². The molecule has 1 fully saturated rings. The highest BCUT2D eigenvalue weighted by molar-refractivity contribution is 5.61. The third kappa shape index (κ3) is 1.30. The van der Waals surface area contributed by atoms with Crippen LogP contribution in [0.15, 0.2) is 0 Å². The molecule has 2 nitrogen and oxygen atoms in total. The van der Waals surface area contributed by atoms with Crippen molar-refractivity contribution in [3.8, 4) is 0 Å². The van der Waals surface area contributed by atoms with Crippen LogP contribution in [0.1, 0.15) is 19.8 Å². The summed E-state index contributed by atoms with van der Waals surface area (Å²) in [6.07, 6.45) is 4.03. The second kappa shape index (κ2) is 2.97. The summed E-state index contributed by atoms with van der Waals surface area (Å²) in [7, 11) is 0. The molecule has 1 N–H and O–H groups in total. The van der Waals surface area contributed by atoms with E-state index in [4.69, 9.17) is 5.41 Å². The molecule has 1 heterocycles. The van der Waals surface area contributed by atoms with Crippen LogP contribution >= 0.6 is 0 Å². The highest BCUT2D eigenvalue weighted by Crippen LogP contribution is 2.13. The van der Waals surface area contributed by atoms with Crippen molar-refractivity contribution in [3.63, 3.8) is 0 Å². The molecule has 1 aliphatic heterocycles. The molecule has 1 saturated heterocycles. The van der Waals surface area contributed by atoms with E-state index in [1.54, 1.807) is 6.21 Å². The number of nitrogens with zero attached hydrogens (tertiary/aromatic N) is 1. The second-order valence-corrected chi connectivity index (χ2v) is 2.50. The van der Waals surface area contributed by atoms with E-state index in [2.05, 4.69) is 11.8 Å². The van der Waals surface area contributed by atoms with E-state index >= 15 is 0 Å². The molecule has 0 unspecified atom stereocenters. The summed E-state index contributed by atoms with van der Waals surface area (Å²) in [5.41, 5.74) is 0. The molecule has 1 rings (SSSR count). The summed E-state index contributed by atoms with van der Waals surface area (Å²) in [4.78, 5) is 2.34. The molecule has 52 valence electrons. The molecule has 2 heteroatoms. The van der Waals surface area contributed by atoms with E-state index in [0.717, 1.165) is 6.54 Å². The van der Waals surface area contributed by atoms with Gasteiger partial charge in [-0.3, -0.25) is 4.90 Å². The van der Waals surface area contributed by atoms with Gasteiger partial charge in [0, 0.05) is 12.3 Å². The molecule has 0 aromatic heterocycles. The van der Waals surface area contributed by atoms with Crippen molar-refractivity contribution in [2.45, 2.75) is 25.8 Å². The van der Waals surface area contributed by atoms with Crippen LogP contribution in [0, 0.1) is 5.41 Å². The Labute approximate surface area is 56.4 Å². The molecule has 0 aromatic carbocycles. The van der Waals surface area contributed by atoms with Gasteiger partial charge in [0.2, 0.25) is 0 Å². The quantitative estimate of drug-likeness (QED) is 0.551. The average molecular weight is 126 g/mol. The molecule has 0 radical (unpaired) electrons. The van der Waals surface area contributed by atoms with Crippen molar-refractivity contribution in [3.05, 3.63) is 0 Å². The minimum Gasteiger partial charge on any atom is -0.311 e. The Hall–Kier alpha value is -0.370. The summed E-state index contributed by atoms with van der Waals surface area (Å²) < 4.78 is 0. The normalized spacial score (nSPS) is 28.8. The zero-order chi connectivity index (χ0) is 6.69. The molecule has 0 bridgehead atoms. The average Bonchev–Trinajstić information content (AvgIpc) is 2.33. The number of hydrogen-bond acceptors (Lipinski definition) is 2. The maximum absolute atomic E-state index is 7.07. The zero-order valence-corrected chi connectivity index (χ0v) is 5.93. The number of rotatable bonds is 2. The lowest BCUT2D eigenvalue weighted by atomic mass is 10.2. The predicted molar refractivity (Wildman–Crippen MR) is 39.1 cm³/mol. The minimum absolute atomic E-state index is 0.454. The highest BCUT2D eigenvalue weighted by Gasteiger charge is 2.19. The van der Waals surface area contributed by atoms with Crippen LogP contribution in [0.4, 0.5) is 0 Å². The lowest BCUT2D eigenvalue weighted by Gasteiger charge is -2.17. The lowest BCUT2D eigenvalue weighted by molar-refractivity contribution is 0.323. The van der Waals surface area contributed by atoms with Crippen molar-refractivity contribution < 1.29 is 0 Å². The third-order valence-electron chi connectivity index (χ3n) is 2.01. The fourth-order valence-electron chi connectivity index (χ4n) is 1.43. The van der Waals surface area contributed by atoms with E-state index < -0.39 is 0 Å². The van der Waals surface area contributed by atoms with Crippen LogP contribution < -0.4 is 0 Å². The van der Waals surface area contributed by atoms with Crippen LogP contribution in [0.25, 0.3) is 0 Å². The number of hydrogen-bond donors (Lipinski definition) is 1. The van der Waals surface area contributed by atoms with Crippen molar-refractivity contribution in [1.82, 2.24) is 4.90 Å². The number of nitrogens with one attached hydrogen (secondary N) is 1. The van der Waals surface area contributed by atoms with E-state index in [-0.39, 0.29) is 0 Å². The van der Waals surface area contributed by atoms with Crippen molar-refractivity contribution in [2.75, 3.05) is 13.1 Å². The van der Waals surface area contributed by atoms with E-state index in [9.17, 15) is 0 Å². The molecule has 0 aliphatic carbocycles. The zero-order valence-electron chi connectivity index (χ0n) is 5.93. The fraction of sp³-hybridized carbons (Fsp3) is 0.857. The van der Waals surface area contributed by atoms with Gasteiger partial charge in [0.15, 0.2) is 0 Å². The van der Waals surface area contributed by atoms with Crippen LogP contribution in [0.5, 0.6) is 0 Å². The summed E-state index contributed by atoms with van der Waals surface area (Å²) in [5.74, 6) is 0. The Balaban J connectivity index is 2.41. The molecule has 0 aromatic rings. The first kappa shape index (κ1) is 6.75. The van der Waals surface area contributed by atoms with Crippen molar-refractivity contribution in [1.29, 1.82) is 5.41 Å². The van der Waals surface area contributed by atoms with E-state index in [1.165, 1.54) is 19.4 Å². The Morgan fingerprint density at radius 3 is 3.00 bits per heavy atom. The molecular formula is C7H14N2. The first-order valence-electron chi connectivity index (χ1n) is 3.63. The summed E-state index contributed by atoms with van der Waals surface area (Å²) in [6.45, 7) is 4.44. The highest BCUT2D eigenvalue weighted by atomic mass is 15.2. The summed E-state index contributed by atoms with van der Waals surface area (Å²) in [6, 6.07) is 0.454. The monoisotopic (exact) mass is 126 g/mol. The second-order valence-electron chi connectivity index (χ2n) is 2.50. The van der Waals surface area contributed by atoms with Gasteiger partial charge < -0.3 is 5.41 Å². The van der Waals surface area contributed by atoms with Gasteiger partial charge in [-0.1, -0.05) is 6.92 Å². The summed E-state index contributed by atoms with van der Waals surface area (Å²) in [5, 5.41) is 7.07.